The molecule has 0 heterocycles. The Hall–Kier alpha value is -1.71. The normalized spacial score (nSPS) is 13.6. The van der Waals surface area contributed by atoms with Gasteiger partial charge in [0.15, 0.2) is 0 Å². The van der Waals surface area contributed by atoms with E-state index in [1.807, 2.05) is 32.9 Å². The van der Waals surface area contributed by atoms with Crippen LogP contribution in [0.5, 0.6) is 5.75 Å². The first-order valence-corrected chi connectivity index (χ1v) is 5.23. The van der Waals surface area contributed by atoms with E-state index in [2.05, 4.69) is 11.2 Å². The van der Waals surface area contributed by atoms with E-state index < -0.39 is 0 Å². The van der Waals surface area contributed by atoms with E-state index in [0.29, 0.717) is 6.42 Å². The molecule has 0 amide bonds. The van der Waals surface area contributed by atoms with Crippen molar-refractivity contribution in [2.24, 2.45) is 10.9 Å². The van der Waals surface area contributed by atoms with Crippen LogP contribution in [-0.4, -0.2) is 17.1 Å². The second-order valence-electron chi connectivity index (χ2n) is 3.99. The van der Waals surface area contributed by atoms with Gasteiger partial charge >= 0.3 is 0 Å². The van der Waals surface area contributed by atoms with Crippen LogP contribution in [0.4, 0.5) is 0 Å². The van der Waals surface area contributed by atoms with E-state index in [0.717, 1.165) is 11.3 Å². The first-order chi connectivity index (χ1) is 7.52. The van der Waals surface area contributed by atoms with Crippen LogP contribution in [0.1, 0.15) is 24.5 Å². The van der Waals surface area contributed by atoms with Gasteiger partial charge < -0.3 is 15.7 Å². The summed E-state index contributed by atoms with van der Waals surface area (Å²) in [6.07, 6.45) is 0.293. The molecule has 0 aliphatic rings. The van der Waals surface area contributed by atoms with E-state index in [9.17, 15) is 0 Å². The summed E-state index contributed by atoms with van der Waals surface area (Å²) in [5, 5.41) is 11.4. The molecule has 0 saturated heterocycles. The Labute approximate surface area is 95.7 Å². The summed E-state index contributed by atoms with van der Waals surface area (Å²) >= 11 is 0. The molecule has 1 aromatic carbocycles. The Morgan fingerprint density at radius 1 is 1.50 bits per heavy atom. The molecule has 0 bridgehead atoms. The third-order valence-corrected chi connectivity index (χ3v) is 2.28. The highest BCUT2D eigenvalue weighted by Gasteiger charge is 2.08. The number of oxime groups is 1. The molecule has 88 valence electrons. The van der Waals surface area contributed by atoms with Gasteiger partial charge in [-0.05, 0) is 32.4 Å². The van der Waals surface area contributed by atoms with Crippen molar-refractivity contribution < 1.29 is 9.94 Å². The predicted octanol–water partition coefficient (Wildman–Crippen LogP) is 2.21. The first-order valence-electron chi connectivity index (χ1n) is 5.23. The fourth-order valence-corrected chi connectivity index (χ4v) is 1.53. The van der Waals surface area contributed by atoms with Crippen LogP contribution >= 0.6 is 0 Å². The van der Waals surface area contributed by atoms with Crippen LogP contribution in [0.2, 0.25) is 0 Å². The van der Waals surface area contributed by atoms with Crippen molar-refractivity contribution in [3.63, 3.8) is 0 Å². The summed E-state index contributed by atoms with van der Waals surface area (Å²) in [7, 11) is 0. The molecule has 0 fully saturated rings. The van der Waals surface area contributed by atoms with Crippen LogP contribution in [0.15, 0.2) is 23.4 Å². The summed E-state index contributed by atoms with van der Waals surface area (Å²) in [5.41, 5.74) is 7.70. The van der Waals surface area contributed by atoms with E-state index in [1.165, 1.54) is 5.56 Å². The molecule has 4 heteroatoms. The van der Waals surface area contributed by atoms with Gasteiger partial charge in [-0.2, -0.15) is 0 Å². The molecule has 3 N–H and O–H groups in total. The lowest BCUT2D eigenvalue weighted by atomic mass is 10.1. The highest BCUT2D eigenvalue weighted by atomic mass is 16.5. The molecule has 1 aromatic rings. The molecular formula is C12H18N2O2. The van der Waals surface area contributed by atoms with E-state index in [4.69, 9.17) is 15.7 Å². The lowest BCUT2D eigenvalue weighted by Crippen LogP contribution is -2.22. The van der Waals surface area contributed by atoms with Gasteiger partial charge in [0.2, 0.25) is 0 Å². The summed E-state index contributed by atoms with van der Waals surface area (Å²) < 4.78 is 5.70. The minimum absolute atomic E-state index is 0.114. The number of aryl methyl sites for hydroxylation is 2. The first kappa shape index (κ1) is 12.4. The summed E-state index contributed by atoms with van der Waals surface area (Å²) in [4.78, 5) is 0. The van der Waals surface area contributed by atoms with Gasteiger partial charge in [-0.15, -0.1) is 0 Å². The molecule has 0 aliphatic carbocycles. The monoisotopic (exact) mass is 222 g/mol. The molecule has 0 saturated carbocycles. The molecular weight excluding hydrogens is 204 g/mol. The summed E-state index contributed by atoms with van der Waals surface area (Å²) in [6, 6.07) is 6.00. The van der Waals surface area contributed by atoms with Gasteiger partial charge in [0, 0.05) is 6.42 Å². The Balaban J connectivity index is 2.66. The number of amidine groups is 1. The third-order valence-electron chi connectivity index (χ3n) is 2.28. The van der Waals surface area contributed by atoms with Crippen molar-refractivity contribution in [2.75, 3.05) is 0 Å². The second kappa shape index (κ2) is 5.39. The zero-order chi connectivity index (χ0) is 12.1. The molecule has 0 spiro atoms. The van der Waals surface area contributed by atoms with Crippen molar-refractivity contribution in [3.05, 3.63) is 29.3 Å². The molecule has 4 nitrogen and oxygen atoms in total. The lowest BCUT2D eigenvalue weighted by Gasteiger charge is -2.16. The lowest BCUT2D eigenvalue weighted by molar-refractivity contribution is 0.225. The molecule has 0 aromatic heterocycles. The van der Waals surface area contributed by atoms with Gasteiger partial charge in [-0.1, -0.05) is 22.9 Å². The highest BCUT2D eigenvalue weighted by molar-refractivity contribution is 5.80. The maximum absolute atomic E-state index is 8.45. The van der Waals surface area contributed by atoms with E-state index in [-0.39, 0.29) is 11.9 Å². The van der Waals surface area contributed by atoms with Gasteiger partial charge in [0.05, 0.1) is 0 Å². The van der Waals surface area contributed by atoms with Crippen molar-refractivity contribution in [3.8, 4) is 5.75 Å². The fourth-order valence-electron chi connectivity index (χ4n) is 1.53. The fraction of sp³-hybridized carbons (Fsp3) is 0.417. The van der Waals surface area contributed by atoms with Gasteiger partial charge in [-0.25, -0.2) is 0 Å². The zero-order valence-electron chi connectivity index (χ0n) is 9.90. The minimum Gasteiger partial charge on any atom is -0.490 e. The van der Waals surface area contributed by atoms with Crippen LogP contribution in [0.3, 0.4) is 0 Å². The SMILES string of the molecule is Cc1ccc(OC(C)CC(N)=NO)c(C)c1. The largest absolute Gasteiger partial charge is 0.490 e. The molecule has 1 rings (SSSR count). The predicted molar refractivity (Wildman–Crippen MR) is 64.0 cm³/mol. The maximum atomic E-state index is 8.45. The van der Waals surface area contributed by atoms with Crippen molar-refractivity contribution in [1.29, 1.82) is 0 Å². The van der Waals surface area contributed by atoms with Gasteiger partial charge in [0.25, 0.3) is 0 Å². The number of hydrogen-bond donors (Lipinski definition) is 2. The topological polar surface area (TPSA) is 67.8 Å². The Morgan fingerprint density at radius 3 is 2.75 bits per heavy atom. The molecule has 1 atom stereocenters. The van der Waals surface area contributed by atoms with Gasteiger partial charge in [0.1, 0.15) is 17.7 Å². The van der Waals surface area contributed by atoms with E-state index in [1.54, 1.807) is 0 Å². The van der Waals surface area contributed by atoms with Crippen LogP contribution < -0.4 is 10.5 Å². The number of nitrogens with zero attached hydrogens (tertiary/aromatic N) is 1. The van der Waals surface area contributed by atoms with Crippen LogP contribution in [-0.2, 0) is 0 Å². The highest BCUT2D eigenvalue weighted by Crippen LogP contribution is 2.20. The standard InChI is InChI=1S/C12H18N2O2/c1-8-4-5-11(9(2)6-8)16-10(3)7-12(13)14-15/h4-6,10,15H,7H2,1-3H3,(H2,13,14). The Kier molecular flexibility index (Phi) is 4.17. The van der Waals surface area contributed by atoms with Crippen molar-refractivity contribution >= 4 is 5.84 Å². The molecule has 1 unspecified atom stereocenters. The van der Waals surface area contributed by atoms with E-state index >= 15 is 0 Å². The maximum Gasteiger partial charge on any atom is 0.142 e. The number of nitrogens with two attached hydrogens (primary N) is 1. The Bertz CT molecular complexity index is 389. The minimum atomic E-state index is -0.114. The van der Waals surface area contributed by atoms with Crippen molar-refractivity contribution in [1.82, 2.24) is 0 Å². The second-order valence-corrected chi connectivity index (χ2v) is 3.99. The van der Waals surface area contributed by atoms with Gasteiger partial charge in [-0.3, -0.25) is 0 Å². The quantitative estimate of drug-likeness (QED) is 0.355. The third kappa shape index (κ3) is 3.46. The molecule has 16 heavy (non-hydrogen) atoms. The Morgan fingerprint density at radius 2 is 2.19 bits per heavy atom. The number of benzene rings is 1. The summed E-state index contributed by atoms with van der Waals surface area (Å²) in [5.74, 6) is 1.01. The zero-order valence-corrected chi connectivity index (χ0v) is 9.90. The van der Waals surface area contributed by atoms with Crippen molar-refractivity contribution in [2.45, 2.75) is 33.3 Å². The number of rotatable bonds is 4. The molecule has 0 aliphatic heterocycles. The smallest absolute Gasteiger partial charge is 0.142 e. The molecule has 0 radical (unpaired) electrons. The summed E-state index contributed by atoms with van der Waals surface area (Å²) in [6.45, 7) is 5.92. The number of hydrogen-bond acceptors (Lipinski definition) is 3. The average molecular weight is 222 g/mol. The van der Waals surface area contributed by atoms with Crippen LogP contribution in [0.25, 0.3) is 0 Å². The van der Waals surface area contributed by atoms with Crippen LogP contribution in [0, 0.1) is 13.8 Å². The average Bonchev–Trinajstić information content (AvgIpc) is 2.22. The number of ether oxygens (including phenoxy) is 1.